The Morgan fingerprint density at radius 3 is 2.58 bits per heavy atom. The van der Waals surface area contributed by atoms with Crippen molar-refractivity contribution in [1.29, 1.82) is 0 Å². The summed E-state index contributed by atoms with van der Waals surface area (Å²) < 4.78 is 42.3. The maximum absolute atomic E-state index is 14.9. The van der Waals surface area contributed by atoms with E-state index in [-0.39, 0.29) is 23.5 Å². The number of nitrogens with one attached hydrogen (secondary N) is 1. The van der Waals surface area contributed by atoms with Gasteiger partial charge in [0.25, 0.3) is 0 Å². The Morgan fingerprint density at radius 1 is 1.13 bits per heavy atom. The number of benzene rings is 2. The first-order valence-corrected chi connectivity index (χ1v) is 13.1. The summed E-state index contributed by atoms with van der Waals surface area (Å²) in [5, 5.41) is 0.401. The number of likely N-dealkylation sites (tertiary alicyclic amines) is 1. The van der Waals surface area contributed by atoms with Crippen LogP contribution in [0.15, 0.2) is 36.4 Å². The van der Waals surface area contributed by atoms with Crippen molar-refractivity contribution in [2.75, 3.05) is 13.1 Å². The highest BCUT2D eigenvalue weighted by Gasteiger charge is 2.39. The van der Waals surface area contributed by atoms with Crippen LogP contribution >= 0.6 is 11.6 Å². The SMILES string of the molecule is O=S(=O)(NCc1cc2c(cc1F)CC(N1CCC1)C2Cc1cccc(Cl)c1)C1CCC1. The van der Waals surface area contributed by atoms with E-state index in [9.17, 15) is 12.8 Å². The van der Waals surface area contributed by atoms with Crippen molar-refractivity contribution >= 4 is 21.6 Å². The van der Waals surface area contributed by atoms with Crippen LogP contribution in [0.5, 0.6) is 0 Å². The van der Waals surface area contributed by atoms with Crippen LogP contribution in [-0.4, -0.2) is 37.7 Å². The van der Waals surface area contributed by atoms with Crippen LogP contribution in [0.3, 0.4) is 0 Å². The van der Waals surface area contributed by atoms with E-state index in [0.717, 1.165) is 48.5 Å². The lowest BCUT2D eigenvalue weighted by Gasteiger charge is -2.39. The lowest BCUT2D eigenvalue weighted by molar-refractivity contribution is 0.106. The summed E-state index contributed by atoms with van der Waals surface area (Å²) in [5.74, 6) is -0.0721. The second-order valence-electron chi connectivity index (χ2n) is 9.16. The van der Waals surface area contributed by atoms with Gasteiger partial charge in [0.2, 0.25) is 10.0 Å². The zero-order valence-electron chi connectivity index (χ0n) is 17.5. The molecule has 0 radical (unpaired) electrons. The molecule has 4 nitrogen and oxygen atoms in total. The largest absolute Gasteiger partial charge is 0.299 e. The molecule has 1 N–H and O–H groups in total. The summed E-state index contributed by atoms with van der Waals surface area (Å²) in [4.78, 5) is 2.49. The molecule has 1 saturated heterocycles. The Morgan fingerprint density at radius 2 is 1.94 bits per heavy atom. The minimum absolute atomic E-state index is 0.0101. The van der Waals surface area contributed by atoms with Gasteiger partial charge in [-0.3, -0.25) is 4.90 Å². The van der Waals surface area contributed by atoms with E-state index in [4.69, 9.17) is 11.6 Å². The van der Waals surface area contributed by atoms with Crippen LogP contribution in [0.4, 0.5) is 4.39 Å². The first-order valence-electron chi connectivity index (χ1n) is 11.2. The van der Waals surface area contributed by atoms with Gasteiger partial charge in [0.05, 0.1) is 5.25 Å². The zero-order chi connectivity index (χ0) is 21.6. The van der Waals surface area contributed by atoms with Gasteiger partial charge in [-0.2, -0.15) is 0 Å². The molecule has 1 saturated carbocycles. The maximum atomic E-state index is 14.9. The molecule has 0 spiro atoms. The van der Waals surface area contributed by atoms with Crippen LogP contribution in [0, 0.1) is 5.82 Å². The Kier molecular flexibility index (Phi) is 5.84. The predicted molar refractivity (Wildman–Crippen MR) is 121 cm³/mol. The molecule has 7 heteroatoms. The van der Waals surface area contributed by atoms with Gasteiger partial charge in [-0.1, -0.05) is 36.2 Å². The fraction of sp³-hybridized carbons (Fsp3) is 0.500. The molecule has 2 aromatic rings. The maximum Gasteiger partial charge on any atom is 0.214 e. The van der Waals surface area contributed by atoms with E-state index in [1.807, 2.05) is 24.3 Å². The van der Waals surface area contributed by atoms with Gasteiger partial charge in [-0.25, -0.2) is 17.5 Å². The van der Waals surface area contributed by atoms with Crippen LogP contribution in [0.25, 0.3) is 0 Å². The molecule has 5 rings (SSSR count). The first-order chi connectivity index (χ1) is 14.9. The topological polar surface area (TPSA) is 49.4 Å². The molecule has 2 fully saturated rings. The minimum atomic E-state index is -3.38. The second kappa shape index (κ2) is 8.47. The van der Waals surface area contributed by atoms with Crippen LogP contribution in [0.1, 0.15) is 53.9 Å². The third-order valence-electron chi connectivity index (χ3n) is 7.26. The van der Waals surface area contributed by atoms with E-state index in [1.165, 1.54) is 12.0 Å². The Labute approximate surface area is 188 Å². The molecule has 0 aromatic heterocycles. The van der Waals surface area contributed by atoms with Crippen molar-refractivity contribution in [2.24, 2.45) is 0 Å². The molecule has 166 valence electrons. The van der Waals surface area contributed by atoms with Crippen molar-refractivity contribution in [3.63, 3.8) is 0 Å². The van der Waals surface area contributed by atoms with Crippen LogP contribution in [-0.2, 0) is 29.4 Å². The molecule has 2 unspecified atom stereocenters. The van der Waals surface area contributed by atoms with Crippen LogP contribution < -0.4 is 4.72 Å². The van der Waals surface area contributed by atoms with Gasteiger partial charge in [0.1, 0.15) is 5.82 Å². The number of nitrogens with zero attached hydrogens (tertiary/aromatic N) is 1. The first kappa shape index (κ1) is 21.4. The number of hydrogen-bond acceptors (Lipinski definition) is 3. The van der Waals surface area contributed by atoms with Gasteiger partial charge in [-0.15, -0.1) is 0 Å². The third kappa shape index (κ3) is 4.28. The van der Waals surface area contributed by atoms with E-state index in [0.29, 0.717) is 24.4 Å². The summed E-state index contributed by atoms with van der Waals surface area (Å²) >= 11 is 6.21. The molecule has 2 aliphatic carbocycles. The monoisotopic (exact) mass is 462 g/mol. The summed E-state index contributed by atoms with van der Waals surface area (Å²) in [5.41, 5.74) is 3.80. The number of hydrogen-bond donors (Lipinski definition) is 1. The summed E-state index contributed by atoms with van der Waals surface area (Å²) in [6.45, 7) is 2.18. The molecule has 1 aliphatic heterocycles. The number of fused-ring (bicyclic) bond motifs is 1. The summed E-state index contributed by atoms with van der Waals surface area (Å²) in [6.07, 6.45) is 5.22. The number of halogens is 2. The van der Waals surface area contributed by atoms with Crippen molar-refractivity contribution in [3.8, 4) is 0 Å². The molecular weight excluding hydrogens is 435 g/mol. The van der Waals surface area contributed by atoms with E-state index < -0.39 is 10.0 Å². The zero-order valence-corrected chi connectivity index (χ0v) is 19.1. The van der Waals surface area contributed by atoms with Crippen LogP contribution in [0.2, 0.25) is 5.02 Å². The fourth-order valence-electron chi connectivity index (χ4n) is 5.11. The highest BCUT2D eigenvalue weighted by Crippen LogP contribution is 2.41. The van der Waals surface area contributed by atoms with Gasteiger partial charge in [0.15, 0.2) is 0 Å². The lowest BCUT2D eigenvalue weighted by Crippen LogP contribution is -2.47. The highest BCUT2D eigenvalue weighted by molar-refractivity contribution is 7.90. The quantitative estimate of drug-likeness (QED) is 0.663. The molecule has 1 heterocycles. The average molecular weight is 463 g/mol. The molecule has 2 atom stereocenters. The van der Waals surface area contributed by atoms with Gasteiger partial charge in [-0.05, 0) is 80.1 Å². The molecule has 31 heavy (non-hydrogen) atoms. The number of rotatable bonds is 7. The highest BCUT2D eigenvalue weighted by atomic mass is 35.5. The molecule has 2 aromatic carbocycles. The molecule has 3 aliphatic rings. The Bertz CT molecular complexity index is 1080. The van der Waals surface area contributed by atoms with E-state index >= 15 is 0 Å². The van der Waals surface area contributed by atoms with Crippen molar-refractivity contribution in [2.45, 2.75) is 62.3 Å². The second-order valence-corrected chi connectivity index (χ2v) is 11.6. The summed E-state index contributed by atoms with van der Waals surface area (Å²) in [7, 11) is -3.38. The Hall–Kier alpha value is -1.47. The van der Waals surface area contributed by atoms with E-state index in [2.05, 4.69) is 15.7 Å². The minimum Gasteiger partial charge on any atom is -0.299 e. The smallest absolute Gasteiger partial charge is 0.214 e. The Balaban J connectivity index is 1.42. The van der Waals surface area contributed by atoms with Gasteiger partial charge >= 0.3 is 0 Å². The fourth-order valence-corrected chi connectivity index (χ4v) is 6.87. The third-order valence-corrected chi connectivity index (χ3v) is 9.39. The normalized spacial score (nSPS) is 23.9. The molecule has 0 bridgehead atoms. The van der Waals surface area contributed by atoms with Gasteiger partial charge < -0.3 is 0 Å². The van der Waals surface area contributed by atoms with Crippen molar-refractivity contribution in [1.82, 2.24) is 9.62 Å². The van der Waals surface area contributed by atoms with Crippen molar-refractivity contribution in [3.05, 3.63) is 69.5 Å². The molecule has 0 amide bonds. The number of sulfonamides is 1. The van der Waals surface area contributed by atoms with E-state index in [1.54, 1.807) is 6.07 Å². The lowest BCUT2D eigenvalue weighted by atomic mass is 9.88. The standard InChI is InChI=1S/C24H28ClFN2O2S/c25-19-5-1-4-16(10-19)11-22-21-12-18(15-27-31(29,30)20-6-2-7-20)23(26)13-17(21)14-24(22)28-8-3-9-28/h1,4-5,10,12-13,20,22,24,27H,2-3,6-9,11,14-15H2. The molecular formula is C24H28ClFN2O2S. The predicted octanol–water partition coefficient (Wildman–Crippen LogP) is 4.41. The van der Waals surface area contributed by atoms with Crippen molar-refractivity contribution < 1.29 is 12.8 Å². The average Bonchev–Trinajstić information content (AvgIpc) is 2.93. The summed E-state index contributed by atoms with van der Waals surface area (Å²) in [6, 6.07) is 11.8. The van der Waals surface area contributed by atoms with Gasteiger partial charge in [0, 0.05) is 29.1 Å².